The van der Waals surface area contributed by atoms with Gasteiger partial charge in [-0.2, -0.15) is 4.89 Å². The van der Waals surface area contributed by atoms with Gasteiger partial charge in [-0.1, -0.05) is 6.58 Å². The van der Waals surface area contributed by atoms with Crippen LogP contribution in [0.5, 0.6) is 0 Å². The first kappa shape index (κ1) is 7.72. The van der Waals surface area contributed by atoms with Crippen LogP contribution in [0.25, 0.3) is 0 Å². The van der Waals surface area contributed by atoms with E-state index >= 15 is 0 Å². The Morgan fingerprint density at radius 1 is 1.80 bits per heavy atom. The molecule has 1 saturated heterocycles. The van der Waals surface area contributed by atoms with Crippen molar-refractivity contribution in [3.8, 4) is 0 Å². The minimum atomic E-state index is -0.960. The summed E-state index contributed by atoms with van der Waals surface area (Å²) in [4.78, 5) is 4.17. The fraction of sp³-hybridized carbons (Fsp3) is 0.714. The van der Waals surface area contributed by atoms with Gasteiger partial charge in [0, 0.05) is 0 Å². The third-order valence-corrected chi connectivity index (χ3v) is 1.82. The molecule has 0 amide bonds. The van der Waals surface area contributed by atoms with Crippen molar-refractivity contribution in [3.63, 3.8) is 0 Å². The van der Waals surface area contributed by atoms with Gasteiger partial charge in [0.2, 0.25) is 5.79 Å². The molecule has 1 aliphatic heterocycles. The van der Waals surface area contributed by atoms with Crippen LogP contribution in [0.2, 0.25) is 0 Å². The minimum Gasteiger partial charge on any atom is -0.344 e. The first-order valence-electron chi connectivity index (χ1n) is 3.34. The molecule has 0 aromatic carbocycles. The van der Waals surface area contributed by atoms with E-state index in [0.717, 1.165) is 18.4 Å². The van der Waals surface area contributed by atoms with Crippen molar-refractivity contribution in [1.29, 1.82) is 0 Å². The summed E-state index contributed by atoms with van der Waals surface area (Å²) in [5.74, 6) is -0.960. The van der Waals surface area contributed by atoms with Crippen molar-refractivity contribution in [3.05, 3.63) is 12.2 Å². The largest absolute Gasteiger partial charge is 0.344 e. The lowest BCUT2D eigenvalue weighted by Crippen LogP contribution is -2.36. The maximum atomic E-state index is 8.43. The summed E-state index contributed by atoms with van der Waals surface area (Å²) in [5, 5.41) is 8.43. The van der Waals surface area contributed by atoms with E-state index in [9.17, 15) is 0 Å². The Morgan fingerprint density at radius 3 is 2.90 bits per heavy atom. The zero-order valence-corrected chi connectivity index (χ0v) is 6.09. The Labute approximate surface area is 60.2 Å². The van der Waals surface area contributed by atoms with Gasteiger partial charge >= 0.3 is 0 Å². The number of hydrogen-bond acceptors (Lipinski definition) is 3. The lowest BCUT2D eigenvalue weighted by atomic mass is 10.0. The van der Waals surface area contributed by atoms with E-state index in [1.807, 2.05) is 0 Å². The van der Waals surface area contributed by atoms with Crippen molar-refractivity contribution in [2.75, 3.05) is 6.61 Å². The quantitative estimate of drug-likeness (QED) is 0.345. The van der Waals surface area contributed by atoms with E-state index < -0.39 is 5.79 Å². The van der Waals surface area contributed by atoms with Crippen molar-refractivity contribution in [1.82, 2.24) is 0 Å². The van der Waals surface area contributed by atoms with Gasteiger partial charge in [-0.25, -0.2) is 5.26 Å². The van der Waals surface area contributed by atoms with Gasteiger partial charge < -0.3 is 4.74 Å². The SMILES string of the molecule is C=C1CCCOC1(C)OO. The molecule has 0 radical (unpaired) electrons. The summed E-state index contributed by atoms with van der Waals surface area (Å²) in [6.07, 6.45) is 1.81. The molecule has 0 bridgehead atoms. The van der Waals surface area contributed by atoms with Crippen molar-refractivity contribution >= 4 is 0 Å². The average Bonchev–Trinajstić information content (AvgIpc) is 1.96. The zero-order chi connectivity index (χ0) is 7.61. The normalized spacial score (nSPS) is 34.4. The fourth-order valence-electron chi connectivity index (χ4n) is 0.973. The molecular formula is C7H12O3. The average molecular weight is 144 g/mol. The topological polar surface area (TPSA) is 38.7 Å². The molecule has 1 fully saturated rings. The second kappa shape index (κ2) is 2.70. The first-order valence-corrected chi connectivity index (χ1v) is 3.34. The molecule has 0 aromatic rings. The van der Waals surface area contributed by atoms with Crippen LogP contribution in [0.3, 0.4) is 0 Å². The molecule has 1 aliphatic rings. The summed E-state index contributed by atoms with van der Waals surface area (Å²) in [6, 6.07) is 0. The third-order valence-electron chi connectivity index (χ3n) is 1.82. The minimum absolute atomic E-state index is 0.621. The number of hydrogen-bond donors (Lipinski definition) is 1. The van der Waals surface area contributed by atoms with E-state index in [1.54, 1.807) is 6.92 Å². The Bertz CT molecular complexity index is 144. The molecule has 3 heteroatoms. The van der Waals surface area contributed by atoms with E-state index in [4.69, 9.17) is 9.99 Å². The van der Waals surface area contributed by atoms with Gasteiger partial charge in [-0.05, 0) is 25.3 Å². The Morgan fingerprint density at radius 2 is 2.50 bits per heavy atom. The molecular weight excluding hydrogens is 132 g/mol. The maximum absolute atomic E-state index is 8.43. The molecule has 1 heterocycles. The van der Waals surface area contributed by atoms with E-state index in [1.165, 1.54) is 0 Å². The summed E-state index contributed by atoms with van der Waals surface area (Å²) in [7, 11) is 0. The van der Waals surface area contributed by atoms with Crippen molar-refractivity contribution < 1.29 is 14.9 Å². The maximum Gasteiger partial charge on any atom is 0.220 e. The molecule has 1 rings (SSSR count). The lowest BCUT2D eigenvalue weighted by molar-refractivity contribution is -0.387. The van der Waals surface area contributed by atoms with Crippen LogP contribution in [0.4, 0.5) is 0 Å². The standard InChI is InChI=1S/C7H12O3/c1-6-4-3-5-9-7(6,2)10-8/h8H,1,3-5H2,2H3. The smallest absolute Gasteiger partial charge is 0.220 e. The molecule has 1 unspecified atom stereocenters. The van der Waals surface area contributed by atoms with Crippen LogP contribution in [0, 0.1) is 0 Å². The van der Waals surface area contributed by atoms with Gasteiger partial charge in [0.25, 0.3) is 0 Å². The third kappa shape index (κ3) is 1.21. The van der Waals surface area contributed by atoms with Crippen molar-refractivity contribution in [2.24, 2.45) is 0 Å². The van der Waals surface area contributed by atoms with Crippen LogP contribution in [-0.2, 0) is 9.62 Å². The molecule has 0 aliphatic carbocycles. The highest BCUT2D eigenvalue weighted by atomic mass is 17.1. The predicted octanol–water partition coefficient (Wildman–Crippen LogP) is 1.56. The summed E-state index contributed by atoms with van der Waals surface area (Å²) < 4.78 is 5.16. The van der Waals surface area contributed by atoms with Crippen LogP contribution in [0.15, 0.2) is 12.2 Å². The highest BCUT2D eigenvalue weighted by Gasteiger charge is 2.32. The van der Waals surface area contributed by atoms with E-state index in [-0.39, 0.29) is 0 Å². The van der Waals surface area contributed by atoms with Crippen LogP contribution in [0.1, 0.15) is 19.8 Å². The Kier molecular flexibility index (Phi) is 2.08. The first-order chi connectivity index (χ1) is 4.69. The van der Waals surface area contributed by atoms with Gasteiger partial charge in [0.15, 0.2) is 0 Å². The fourth-order valence-corrected chi connectivity index (χ4v) is 0.973. The lowest BCUT2D eigenvalue weighted by Gasteiger charge is -2.32. The highest BCUT2D eigenvalue weighted by Crippen LogP contribution is 2.28. The molecule has 1 atom stereocenters. The van der Waals surface area contributed by atoms with Crippen LogP contribution < -0.4 is 0 Å². The molecule has 58 valence electrons. The second-order valence-corrected chi connectivity index (χ2v) is 2.59. The molecule has 10 heavy (non-hydrogen) atoms. The molecule has 0 aromatic heterocycles. The van der Waals surface area contributed by atoms with Crippen LogP contribution >= 0.6 is 0 Å². The molecule has 1 N–H and O–H groups in total. The van der Waals surface area contributed by atoms with E-state index in [2.05, 4.69) is 11.5 Å². The van der Waals surface area contributed by atoms with Crippen LogP contribution in [-0.4, -0.2) is 17.7 Å². The Balaban J connectivity index is 2.63. The highest BCUT2D eigenvalue weighted by molar-refractivity contribution is 5.07. The number of rotatable bonds is 1. The molecule has 0 spiro atoms. The Hall–Kier alpha value is -0.380. The molecule has 0 saturated carbocycles. The van der Waals surface area contributed by atoms with Gasteiger partial charge in [-0.3, -0.25) is 0 Å². The monoisotopic (exact) mass is 144 g/mol. The van der Waals surface area contributed by atoms with Gasteiger partial charge in [-0.15, -0.1) is 0 Å². The predicted molar refractivity (Wildman–Crippen MR) is 36.4 cm³/mol. The summed E-state index contributed by atoms with van der Waals surface area (Å²) in [5.41, 5.74) is 0.793. The summed E-state index contributed by atoms with van der Waals surface area (Å²) in [6.45, 7) is 6.01. The van der Waals surface area contributed by atoms with E-state index in [0.29, 0.717) is 6.61 Å². The summed E-state index contributed by atoms with van der Waals surface area (Å²) >= 11 is 0. The van der Waals surface area contributed by atoms with Gasteiger partial charge in [0.1, 0.15) is 0 Å². The zero-order valence-electron chi connectivity index (χ0n) is 6.09. The molecule has 3 nitrogen and oxygen atoms in total. The second-order valence-electron chi connectivity index (χ2n) is 2.59. The number of ether oxygens (including phenoxy) is 1. The van der Waals surface area contributed by atoms with Crippen molar-refractivity contribution in [2.45, 2.75) is 25.6 Å². The van der Waals surface area contributed by atoms with Gasteiger partial charge in [0.05, 0.1) is 6.61 Å².